The summed E-state index contributed by atoms with van der Waals surface area (Å²) in [6.45, 7) is 2.47. The molecule has 4 nitrogen and oxygen atoms in total. The van der Waals surface area contributed by atoms with Gasteiger partial charge in [0.2, 0.25) is 0 Å². The van der Waals surface area contributed by atoms with Crippen LogP contribution in [0.4, 0.5) is 0 Å². The Bertz CT molecular complexity index is 624. The van der Waals surface area contributed by atoms with Crippen LogP contribution in [0.3, 0.4) is 0 Å². The molecule has 20 heavy (non-hydrogen) atoms. The summed E-state index contributed by atoms with van der Waals surface area (Å²) in [5, 5.41) is 7.48. The van der Waals surface area contributed by atoms with Crippen molar-refractivity contribution in [2.75, 3.05) is 7.11 Å². The minimum Gasteiger partial charge on any atom is -0.496 e. The van der Waals surface area contributed by atoms with Gasteiger partial charge in [-0.1, -0.05) is 18.2 Å². The molecule has 0 saturated heterocycles. The van der Waals surface area contributed by atoms with Crippen LogP contribution >= 0.6 is 0 Å². The number of methoxy groups -OCH3 is 1. The summed E-state index contributed by atoms with van der Waals surface area (Å²) in [5.74, 6) is 1.41. The van der Waals surface area contributed by atoms with Crippen molar-refractivity contribution in [1.82, 2.24) is 0 Å². The number of ether oxygens (including phenoxy) is 2. The molecule has 0 fully saturated rings. The summed E-state index contributed by atoms with van der Waals surface area (Å²) in [4.78, 5) is 0. The molecular weight excluding hydrogens is 252 g/mol. The monoisotopic (exact) mass is 270 g/mol. The quantitative estimate of drug-likeness (QED) is 0.648. The summed E-state index contributed by atoms with van der Waals surface area (Å²) in [6, 6.07) is 13.4. The second kappa shape index (κ2) is 6.10. The zero-order valence-corrected chi connectivity index (χ0v) is 11.6. The van der Waals surface area contributed by atoms with Gasteiger partial charge in [0, 0.05) is 0 Å². The van der Waals surface area contributed by atoms with E-state index in [1.54, 1.807) is 13.2 Å². The standard InChI is InChI=1S/C16H18N2O2/c1-11-4-3-5-13(8-11)20-10-12-6-7-14(16(17)18)15(9-12)19-2/h3-9H,10H2,1-2H3,(H3,17,18). The lowest BCUT2D eigenvalue weighted by molar-refractivity contribution is 0.305. The molecule has 0 aliphatic heterocycles. The van der Waals surface area contributed by atoms with E-state index in [0.717, 1.165) is 16.9 Å². The molecule has 0 bridgehead atoms. The van der Waals surface area contributed by atoms with Crippen molar-refractivity contribution in [3.05, 3.63) is 59.2 Å². The maximum Gasteiger partial charge on any atom is 0.130 e. The number of nitrogens with one attached hydrogen (secondary N) is 1. The van der Waals surface area contributed by atoms with Gasteiger partial charge in [0.15, 0.2) is 0 Å². The van der Waals surface area contributed by atoms with E-state index in [1.165, 1.54) is 0 Å². The summed E-state index contributed by atoms with van der Waals surface area (Å²) in [5.41, 5.74) is 8.21. The van der Waals surface area contributed by atoms with E-state index >= 15 is 0 Å². The Hall–Kier alpha value is -2.49. The lowest BCUT2D eigenvalue weighted by Crippen LogP contribution is -2.12. The summed E-state index contributed by atoms with van der Waals surface area (Å²) in [6.07, 6.45) is 0. The van der Waals surface area contributed by atoms with E-state index in [1.807, 2.05) is 43.3 Å². The molecule has 2 aromatic rings. The first-order chi connectivity index (χ1) is 9.60. The average Bonchev–Trinajstić information content (AvgIpc) is 2.44. The molecule has 2 rings (SSSR count). The van der Waals surface area contributed by atoms with Crippen molar-refractivity contribution in [2.45, 2.75) is 13.5 Å². The van der Waals surface area contributed by atoms with Crippen molar-refractivity contribution in [2.24, 2.45) is 5.73 Å². The van der Waals surface area contributed by atoms with Gasteiger partial charge in [-0.05, 0) is 42.3 Å². The SMILES string of the molecule is COc1cc(COc2cccc(C)c2)ccc1C(=N)N. The van der Waals surface area contributed by atoms with Gasteiger partial charge in [-0.15, -0.1) is 0 Å². The Morgan fingerprint density at radius 3 is 2.65 bits per heavy atom. The molecule has 0 aliphatic carbocycles. The van der Waals surface area contributed by atoms with Crippen LogP contribution in [-0.2, 0) is 6.61 Å². The molecule has 0 saturated carbocycles. The van der Waals surface area contributed by atoms with Crippen LogP contribution < -0.4 is 15.2 Å². The van der Waals surface area contributed by atoms with Gasteiger partial charge in [0.1, 0.15) is 23.9 Å². The average molecular weight is 270 g/mol. The Balaban J connectivity index is 2.12. The Labute approximate surface area is 118 Å². The molecule has 0 atom stereocenters. The number of amidine groups is 1. The van der Waals surface area contributed by atoms with E-state index in [4.69, 9.17) is 20.6 Å². The highest BCUT2D eigenvalue weighted by atomic mass is 16.5. The number of rotatable bonds is 5. The Morgan fingerprint density at radius 1 is 1.20 bits per heavy atom. The molecule has 0 aliphatic rings. The number of aryl methyl sites for hydroxylation is 1. The number of benzene rings is 2. The number of hydrogen-bond acceptors (Lipinski definition) is 3. The minimum atomic E-state index is -0.00648. The molecule has 104 valence electrons. The molecule has 3 N–H and O–H groups in total. The smallest absolute Gasteiger partial charge is 0.130 e. The van der Waals surface area contributed by atoms with Crippen molar-refractivity contribution < 1.29 is 9.47 Å². The molecule has 0 spiro atoms. The predicted octanol–water partition coefficient (Wildman–Crippen LogP) is 2.87. The van der Waals surface area contributed by atoms with Gasteiger partial charge in [-0.3, -0.25) is 5.41 Å². The molecular formula is C16H18N2O2. The number of hydrogen-bond donors (Lipinski definition) is 2. The fourth-order valence-electron chi connectivity index (χ4n) is 1.92. The Kier molecular flexibility index (Phi) is 4.25. The first kappa shape index (κ1) is 13.9. The largest absolute Gasteiger partial charge is 0.496 e. The maximum absolute atomic E-state index is 7.48. The Morgan fingerprint density at radius 2 is 2.00 bits per heavy atom. The topological polar surface area (TPSA) is 68.3 Å². The highest BCUT2D eigenvalue weighted by Gasteiger charge is 2.07. The van der Waals surface area contributed by atoms with E-state index < -0.39 is 0 Å². The lowest BCUT2D eigenvalue weighted by Gasteiger charge is -2.11. The minimum absolute atomic E-state index is 0.00648. The van der Waals surface area contributed by atoms with Gasteiger partial charge in [-0.2, -0.15) is 0 Å². The van der Waals surface area contributed by atoms with Gasteiger partial charge < -0.3 is 15.2 Å². The molecule has 0 radical (unpaired) electrons. The second-order valence-electron chi connectivity index (χ2n) is 4.55. The number of nitrogens with two attached hydrogens (primary N) is 1. The first-order valence-corrected chi connectivity index (χ1v) is 6.31. The summed E-state index contributed by atoms with van der Waals surface area (Å²) < 4.78 is 11.0. The lowest BCUT2D eigenvalue weighted by atomic mass is 10.1. The predicted molar refractivity (Wildman–Crippen MR) is 79.5 cm³/mol. The van der Waals surface area contributed by atoms with Gasteiger partial charge >= 0.3 is 0 Å². The highest BCUT2D eigenvalue weighted by Crippen LogP contribution is 2.21. The van der Waals surface area contributed by atoms with E-state index in [9.17, 15) is 0 Å². The van der Waals surface area contributed by atoms with Crippen LogP contribution in [0.1, 0.15) is 16.7 Å². The molecule has 0 heterocycles. The normalized spacial score (nSPS) is 10.1. The first-order valence-electron chi connectivity index (χ1n) is 6.31. The van der Waals surface area contributed by atoms with Crippen LogP contribution in [0.5, 0.6) is 11.5 Å². The molecule has 4 heteroatoms. The van der Waals surface area contributed by atoms with Crippen LogP contribution in [0.25, 0.3) is 0 Å². The van der Waals surface area contributed by atoms with Crippen LogP contribution in [0.15, 0.2) is 42.5 Å². The number of nitrogen functional groups attached to an aromatic ring is 1. The molecule has 0 unspecified atom stereocenters. The summed E-state index contributed by atoms with van der Waals surface area (Å²) in [7, 11) is 1.56. The fourth-order valence-corrected chi connectivity index (χ4v) is 1.92. The van der Waals surface area contributed by atoms with Gasteiger partial charge in [-0.25, -0.2) is 0 Å². The molecule has 0 aromatic heterocycles. The zero-order chi connectivity index (χ0) is 14.5. The fraction of sp³-hybridized carbons (Fsp3) is 0.188. The van der Waals surface area contributed by atoms with Crippen molar-refractivity contribution in [3.8, 4) is 11.5 Å². The van der Waals surface area contributed by atoms with Crippen LogP contribution in [0.2, 0.25) is 0 Å². The third kappa shape index (κ3) is 3.29. The van der Waals surface area contributed by atoms with E-state index in [0.29, 0.717) is 17.9 Å². The third-order valence-corrected chi connectivity index (χ3v) is 2.95. The molecule has 0 amide bonds. The van der Waals surface area contributed by atoms with E-state index in [-0.39, 0.29) is 5.84 Å². The zero-order valence-electron chi connectivity index (χ0n) is 11.6. The van der Waals surface area contributed by atoms with Gasteiger partial charge in [0.25, 0.3) is 0 Å². The highest BCUT2D eigenvalue weighted by molar-refractivity contribution is 5.97. The third-order valence-electron chi connectivity index (χ3n) is 2.95. The second-order valence-corrected chi connectivity index (χ2v) is 4.55. The van der Waals surface area contributed by atoms with Crippen molar-refractivity contribution in [3.63, 3.8) is 0 Å². The maximum atomic E-state index is 7.48. The van der Waals surface area contributed by atoms with Crippen LogP contribution in [0, 0.1) is 12.3 Å². The van der Waals surface area contributed by atoms with Crippen molar-refractivity contribution >= 4 is 5.84 Å². The van der Waals surface area contributed by atoms with Crippen LogP contribution in [-0.4, -0.2) is 12.9 Å². The van der Waals surface area contributed by atoms with Crippen molar-refractivity contribution in [1.29, 1.82) is 5.41 Å². The van der Waals surface area contributed by atoms with Gasteiger partial charge in [0.05, 0.1) is 12.7 Å². The molecule has 2 aromatic carbocycles. The summed E-state index contributed by atoms with van der Waals surface area (Å²) >= 11 is 0. The van der Waals surface area contributed by atoms with E-state index in [2.05, 4.69) is 0 Å².